The van der Waals surface area contributed by atoms with E-state index >= 15 is 0 Å². The summed E-state index contributed by atoms with van der Waals surface area (Å²) in [6, 6.07) is 8.60. The topological polar surface area (TPSA) is 88.4 Å². The summed E-state index contributed by atoms with van der Waals surface area (Å²) in [4.78, 5) is 24.4. The summed E-state index contributed by atoms with van der Waals surface area (Å²) in [6.07, 6.45) is 2.65. The molecule has 1 N–H and O–H groups in total. The third-order valence-electron chi connectivity index (χ3n) is 4.73. The van der Waals surface area contributed by atoms with E-state index < -0.39 is 18.2 Å². The zero-order valence-corrected chi connectivity index (χ0v) is 15.5. The van der Waals surface area contributed by atoms with Gasteiger partial charge in [0.2, 0.25) is 0 Å². The quantitative estimate of drug-likeness (QED) is 0.790. The van der Waals surface area contributed by atoms with Crippen LogP contribution in [0.1, 0.15) is 52.0 Å². The number of nitrogens with one attached hydrogen (secondary N) is 1. The van der Waals surface area contributed by atoms with E-state index in [1.165, 1.54) is 6.42 Å². The first kappa shape index (κ1) is 19.8. The van der Waals surface area contributed by atoms with Crippen LogP contribution in [0.2, 0.25) is 0 Å². The van der Waals surface area contributed by atoms with Gasteiger partial charge in [0.1, 0.15) is 5.75 Å². The molecule has 6 nitrogen and oxygen atoms in total. The van der Waals surface area contributed by atoms with Crippen molar-refractivity contribution < 1.29 is 19.1 Å². The average Bonchev–Trinajstić information content (AvgIpc) is 2.64. The summed E-state index contributed by atoms with van der Waals surface area (Å²) in [7, 11) is 0. The SMILES string of the molecule is C[C@@H](OC(=O)[C@@H](C)Oc1ccc(C#N)cc1)C(=O)N[C@H]1CCCC[C@@H]1C. The Morgan fingerprint density at radius 2 is 1.81 bits per heavy atom. The number of nitriles is 1. The second kappa shape index (κ2) is 9.23. The highest BCUT2D eigenvalue weighted by Crippen LogP contribution is 2.23. The van der Waals surface area contributed by atoms with Crippen molar-refractivity contribution in [2.45, 2.75) is 64.7 Å². The average molecular weight is 358 g/mol. The van der Waals surface area contributed by atoms with Gasteiger partial charge in [0, 0.05) is 6.04 Å². The van der Waals surface area contributed by atoms with Crippen molar-refractivity contribution in [3.8, 4) is 11.8 Å². The molecule has 0 bridgehead atoms. The number of hydrogen-bond acceptors (Lipinski definition) is 5. The lowest BCUT2D eigenvalue weighted by molar-refractivity contribution is -0.161. The number of amides is 1. The number of nitrogens with zero attached hydrogens (tertiary/aromatic N) is 1. The van der Waals surface area contributed by atoms with Crippen molar-refractivity contribution in [1.29, 1.82) is 5.26 Å². The molecule has 1 aromatic rings. The molecule has 0 spiro atoms. The van der Waals surface area contributed by atoms with Crippen molar-refractivity contribution in [1.82, 2.24) is 5.32 Å². The van der Waals surface area contributed by atoms with Crippen molar-refractivity contribution in [2.75, 3.05) is 0 Å². The van der Waals surface area contributed by atoms with Crippen molar-refractivity contribution >= 4 is 11.9 Å². The monoisotopic (exact) mass is 358 g/mol. The van der Waals surface area contributed by atoms with Crippen LogP contribution in [0.3, 0.4) is 0 Å². The molecule has 0 unspecified atom stereocenters. The smallest absolute Gasteiger partial charge is 0.347 e. The number of rotatable bonds is 6. The molecule has 0 aliphatic heterocycles. The fourth-order valence-electron chi connectivity index (χ4n) is 3.01. The number of carbonyl (C=O) groups excluding carboxylic acids is 2. The van der Waals surface area contributed by atoms with Gasteiger partial charge < -0.3 is 14.8 Å². The van der Waals surface area contributed by atoms with Gasteiger partial charge in [-0.3, -0.25) is 4.79 Å². The van der Waals surface area contributed by atoms with E-state index in [4.69, 9.17) is 14.7 Å². The Morgan fingerprint density at radius 1 is 1.15 bits per heavy atom. The molecule has 0 radical (unpaired) electrons. The lowest BCUT2D eigenvalue weighted by Gasteiger charge is -2.30. The number of ether oxygens (including phenoxy) is 2. The largest absolute Gasteiger partial charge is 0.479 e. The van der Waals surface area contributed by atoms with Crippen LogP contribution < -0.4 is 10.1 Å². The first-order chi connectivity index (χ1) is 12.4. The van der Waals surface area contributed by atoms with Crippen LogP contribution in [0, 0.1) is 17.2 Å². The number of hydrogen-bond donors (Lipinski definition) is 1. The minimum absolute atomic E-state index is 0.143. The molecule has 26 heavy (non-hydrogen) atoms. The maximum Gasteiger partial charge on any atom is 0.347 e. The Bertz CT molecular complexity index is 665. The van der Waals surface area contributed by atoms with Gasteiger partial charge in [-0.15, -0.1) is 0 Å². The van der Waals surface area contributed by atoms with E-state index in [1.807, 2.05) is 6.07 Å². The predicted molar refractivity (Wildman–Crippen MR) is 96.4 cm³/mol. The molecule has 2 rings (SSSR count). The van der Waals surface area contributed by atoms with Gasteiger partial charge in [0.25, 0.3) is 5.91 Å². The maximum atomic E-state index is 12.3. The van der Waals surface area contributed by atoms with Crippen LogP contribution in [-0.2, 0) is 14.3 Å². The Morgan fingerprint density at radius 3 is 2.42 bits per heavy atom. The van der Waals surface area contributed by atoms with Gasteiger partial charge in [-0.2, -0.15) is 5.26 Å². The van der Waals surface area contributed by atoms with E-state index in [2.05, 4.69) is 12.2 Å². The molecular formula is C20H26N2O4. The second-order valence-corrected chi connectivity index (χ2v) is 6.85. The van der Waals surface area contributed by atoms with Crippen molar-refractivity contribution in [3.63, 3.8) is 0 Å². The van der Waals surface area contributed by atoms with Gasteiger partial charge in [-0.05, 0) is 56.9 Å². The second-order valence-electron chi connectivity index (χ2n) is 6.85. The normalized spacial score (nSPS) is 21.8. The molecule has 1 fully saturated rings. The van der Waals surface area contributed by atoms with E-state index in [-0.39, 0.29) is 11.9 Å². The molecule has 140 valence electrons. The molecule has 0 aromatic heterocycles. The standard InChI is InChI=1S/C20H26N2O4/c1-13-6-4-5-7-18(13)22-19(23)14(2)26-20(24)15(3)25-17-10-8-16(12-21)9-11-17/h8-11,13-15,18H,4-7H2,1-3H3,(H,22,23)/t13-,14+,15+,18-/m0/s1. The first-order valence-electron chi connectivity index (χ1n) is 9.08. The molecule has 1 aromatic carbocycles. The summed E-state index contributed by atoms with van der Waals surface area (Å²) in [5.74, 6) is 0.0206. The molecule has 1 amide bonds. The van der Waals surface area contributed by atoms with Gasteiger partial charge in [-0.25, -0.2) is 4.79 Å². The van der Waals surface area contributed by atoms with Crippen LogP contribution in [0.25, 0.3) is 0 Å². The predicted octanol–water partition coefficient (Wildman–Crippen LogP) is 2.95. The van der Waals surface area contributed by atoms with Crippen LogP contribution in [0.4, 0.5) is 0 Å². The Hall–Kier alpha value is -2.55. The lowest BCUT2D eigenvalue weighted by Crippen LogP contribution is -2.46. The highest BCUT2D eigenvalue weighted by atomic mass is 16.6. The van der Waals surface area contributed by atoms with Crippen molar-refractivity contribution in [2.24, 2.45) is 5.92 Å². The van der Waals surface area contributed by atoms with Gasteiger partial charge in [-0.1, -0.05) is 19.8 Å². The number of benzene rings is 1. The highest BCUT2D eigenvalue weighted by molar-refractivity contribution is 5.84. The van der Waals surface area contributed by atoms with Crippen LogP contribution in [0.5, 0.6) is 5.75 Å². The molecule has 6 heteroatoms. The summed E-state index contributed by atoms with van der Waals surface area (Å²) < 4.78 is 10.7. The van der Waals surface area contributed by atoms with Crippen LogP contribution in [0.15, 0.2) is 24.3 Å². The fraction of sp³-hybridized carbons (Fsp3) is 0.550. The first-order valence-corrected chi connectivity index (χ1v) is 9.08. The summed E-state index contributed by atoms with van der Waals surface area (Å²) in [6.45, 7) is 5.26. The van der Waals surface area contributed by atoms with Gasteiger partial charge in [0.15, 0.2) is 12.2 Å². The van der Waals surface area contributed by atoms with Gasteiger partial charge >= 0.3 is 5.97 Å². The van der Waals surface area contributed by atoms with Crippen LogP contribution >= 0.6 is 0 Å². The molecule has 4 atom stereocenters. The summed E-state index contributed by atoms with van der Waals surface area (Å²) in [5, 5.41) is 11.8. The molecular weight excluding hydrogens is 332 g/mol. The molecule has 0 saturated heterocycles. The lowest BCUT2D eigenvalue weighted by atomic mass is 9.86. The fourth-order valence-corrected chi connectivity index (χ4v) is 3.01. The van der Waals surface area contributed by atoms with Gasteiger partial charge in [0.05, 0.1) is 11.6 Å². The highest BCUT2D eigenvalue weighted by Gasteiger charge is 2.27. The third kappa shape index (κ3) is 5.48. The van der Waals surface area contributed by atoms with E-state index in [1.54, 1.807) is 38.1 Å². The van der Waals surface area contributed by atoms with Crippen LogP contribution in [-0.4, -0.2) is 30.1 Å². The zero-order valence-electron chi connectivity index (χ0n) is 15.5. The Labute approximate surface area is 154 Å². The molecule has 1 saturated carbocycles. The molecule has 1 aliphatic carbocycles. The molecule has 0 heterocycles. The Balaban J connectivity index is 1.82. The zero-order chi connectivity index (χ0) is 19.1. The van der Waals surface area contributed by atoms with E-state index in [9.17, 15) is 9.59 Å². The molecule has 1 aliphatic rings. The number of esters is 1. The summed E-state index contributed by atoms with van der Waals surface area (Å²) in [5.41, 5.74) is 0.509. The third-order valence-corrected chi connectivity index (χ3v) is 4.73. The minimum Gasteiger partial charge on any atom is -0.479 e. The summed E-state index contributed by atoms with van der Waals surface area (Å²) >= 11 is 0. The van der Waals surface area contributed by atoms with E-state index in [0.29, 0.717) is 17.2 Å². The number of carbonyl (C=O) groups is 2. The maximum absolute atomic E-state index is 12.3. The minimum atomic E-state index is -0.872. The van der Waals surface area contributed by atoms with Crippen molar-refractivity contribution in [3.05, 3.63) is 29.8 Å². The van der Waals surface area contributed by atoms with E-state index in [0.717, 1.165) is 19.3 Å². The Kier molecular flexibility index (Phi) is 7.02.